The maximum Gasteiger partial charge on any atom is 0.238 e. The Kier molecular flexibility index (Phi) is 7.25. The lowest BCUT2D eigenvalue weighted by Gasteiger charge is -2.21. The van der Waals surface area contributed by atoms with Gasteiger partial charge in [-0.2, -0.15) is 0 Å². The number of amides is 2. The first-order valence-corrected chi connectivity index (χ1v) is 10.6. The number of anilines is 2. The Morgan fingerprint density at radius 2 is 1.68 bits per heavy atom. The molecule has 6 nitrogen and oxygen atoms in total. The minimum absolute atomic E-state index is 0.120. The molecule has 0 spiro atoms. The number of halogens is 1. The maximum atomic E-state index is 12.5. The van der Waals surface area contributed by atoms with Crippen molar-refractivity contribution in [3.63, 3.8) is 0 Å². The zero-order valence-electron chi connectivity index (χ0n) is 18.3. The van der Waals surface area contributed by atoms with Gasteiger partial charge in [-0.3, -0.25) is 14.5 Å². The highest BCUT2D eigenvalue weighted by Gasteiger charge is 2.14. The van der Waals surface area contributed by atoms with Gasteiger partial charge in [0.2, 0.25) is 11.8 Å². The second kappa shape index (κ2) is 9.90. The Balaban J connectivity index is 1.67. The zero-order chi connectivity index (χ0) is 22.5. The molecule has 0 radical (unpaired) electrons. The molecular weight excluding hydrogens is 412 g/mol. The topological polar surface area (TPSA) is 74.3 Å². The number of aromatic nitrogens is 1. The van der Waals surface area contributed by atoms with Crippen LogP contribution in [0, 0.1) is 13.8 Å². The molecular formula is C24H27ClN4O2. The molecule has 0 aliphatic heterocycles. The van der Waals surface area contributed by atoms with E-state index >= 15 is 0 Å². The first-order valence-electron chi connectivity index (χ1n) is 10.2. The summed E-state index contributed by atoms with van der Waals surface area (Å²) < 4.78 is 0. The summed E-state index contributed by atoms with van der Waals surface area (Å²) in [5.74, 6) is -0.257. The Hall–Kier alpha value is -2.96. The predicted molar refractivity (Wildman–Crippen MR) is 127 cm³/mol. The number of carbonyl (C=O) groups is 2. The number of fused-ring (bicyclic) bond motifs is 1. The quantitative estimate of drug-likeness (QED) is 0.513. The number of likely N-dealkylation sites (N-methyl/N-ethyl adjacent to an activating group) is 1. The Morgan fingerprint density at radius 1 is 1.03 bits per heavy atom. The molecule has 0 aliphatic rings. The van der Waals surface area contributed by atoms with Crippen LogP contribution < -0.4 is 10.6 Å². The van der Waals surface area contributed by atoms with E-state index in [9.17, 15) is 9.59 Å². The van der Waals surface area contributed by atoms with Gasteiger partial charge in [-0.1, -0.05) is 30.7 Å². The second-order valence-corrected chi connectivity index (χ2v) is 7.99. The molecule has 3 rings (SSSR count). The van der Waals surface area contributed by atoms with Crippen LogP contribution in [0.3, 0.4) is 0 Å². The van der Waals surface area contributed by atoms with Gasteiger partial charge in [0.05, 0.1) is 12.1 Å². The largest absolute Gasteiger partial charge is 0.326 e. The van der Waals surface area contributed by atoms with Crippen LogP contribution in [0.1, 0.15) is 30.5 Å². The molecule has 0 unspecified atom stereocenters. The SMILES string of the molecule is CCN(CC(=O)Nc1ccc(NC(C)=O)cc1)Cc1cc2ccc(C)c(C)c2nc1Cl. The molecule has 0 bridgehead atoms. The Bertz CT molecular complexity index is 1110. The smallest absolute Gasteiger partial charge is 0.238 e. The van der Waals surface area contributed by atoms with Crippen LogP contribution in [0.25, 0.3) is 10.9 Å². The lowest BCUT2D eigenvalue weighted by molar-refractivity contribution is -0.117. The summed E-state index contributed by atoms with van der Waals surface area (Å²) in [5.41, 5.74) is 5.47. The summed E-state index contributed by atoms with van der Waals surface area (Å²) in [6.45, 7) is 9.01. The fourth-order valence-corrected chi connectivity index (χ4v) is 3.58. The Morgan fingerprint density at radius 3 is 2.29 bits per heavy atom. The Labute approximate surface area is 187 Å². The van der Waals surface area contributed by atoms with Crippen LogP contribution in [0.15, 0.2) is 42.5 Å². The van der Waals surface area contributed by atoms with Crippen LogP contribution in [0.2, 0.25) is 5.15 Å². The molecule has 0 aliphatic carbocycles. The first kappa shape index (κ1) is 22.7. The number of hydrogen-bond donors (Lipinski definition) is 2. The van der Waals surface area contributed by atoms with Crippen molar-refractivity contribution in [1.82, 2.24) is 9.88 Å². The van der Waals surface area contributed by atoms with Gasteiger partial charge in [0.15, 0.2) is 0 Å². The van der Waals surface area contributed by atoms with Crippen molar-refractivity contribution in [2.75, 3.05) is 23.7 Å². The lowest BCUT2D eigenvalue weighted by Crippen LogP contribution is -2.32. The van der Waals surface area contributed by atoms with Gasteiger partial charge >= 0.3 is 0 Å². The van der Waals surface area contributed by atoms with Crippen LogP contribution >= 0.6 is 11.6 Å². The van der Waals surface area contributed by atoms with E-state index in [0.717, 1.165) is 22.0 Å². The van der Waals surface area contributed by atoms with E-state index in [0.29, 0.717) is 29.6 Å². The summed E-state index contributed by atoms with van der Waals surface area (Å²) in [5, 5.41) is 7.10. The molecule has 2 aromatic carbocycles. The minimum atomic E-state index is -0.137. The molecule has 2 amide bonds. The number of carbonyl (C=O) groups excluding carboxylic acids is 2. The first-order chi connectivity index (χ1) is 14.8. The van der Waals surface area contributed by atoms with Crippen LogP contribution in [-0.2, 0) is 16.1 Å². The van der Waals surface area contributed by atoms with E-state index in [4.69, 9.17) is 11.6 Å². The van der Waals surface area contributed by atoms with Crippen LogP contribution in [0.5, 0.6) is 0 Å². The zero-order valence-corrected chi connectivity index (χ0v) is 19.0. The highest BCUT2D eigenvalue weighted by molar-refractivity contribution is 6.30. The average Bonchev–Trinajstić information content (AvgIpc) is 2.72. The molecule has 1 heterocycles. The average molecular weight is 439 g/mol. The number of benzene rings is 2. The van der Waals surface area contributed by atoms with E-state index in [1.54, 1.807) is 24.3 Å². The van der Waals surface area contributed by atoms with Crippen molar-refractivity contribution in [2.45, 2.75) is 34.2 Å². The number of nitrogens with one attached hydrogen (secondary N) is 2. The van der Waals surface area contributed by atoms with Gasteiger partial charge < -0.3 is 10.6 Å². The standard InChI is InChI=1S/C24H27ClN4O2/c1-5-29(14-22(31)27-21-10-8-20(9-11-21)26-17(4)30)13-19-12-18-7-6-15(2)16(3)23(18)28-24(19)25/h6-12H,5,13-14H2,1-4H3,(H,26,30)(H,27,31). The molecule has 3 aromatic rings. The summed E-state index contributed by atoms with van der Waals surface area (Å²) in [7, 11) is 0. The van der Waals surface area contributed by atoms with Gasteiger partial charge in [-0.15, -0.1) is 0 Å². The van der Waals surface area contributed by atoms with Gasteiger partial charge in [0.25, 0.3) is 0 Å². The molecule has 7 heteroatoms. The normalized spacial score (nSPS) is 11.0. The highest BCUT2D eigenvalue weighted by Crippen LogP contribution is 2.26. The van der Waals surface area contributed by atoms with Crippen molar-refractivity contribution in [3.05, 3.63) is 64.3 Å². The van der Waals surface area contributed by atoms with Gasteiger partial charge in [-0.25, -0.2) is 4.98 Å². The fraction of sp³-hybridized carbons (Fsp3) is 0.292. The molecule has 31 heavy (non-hydrogen) atoms. The minimum Gasteiger partial charge on any atom is -0.326 e. The number of rotatable bonds is 7. The van der Waals surface area contributed by atoms with E-state index in [1.807, 2.05) is 18.7 Å². The van der Waals surface area contributed by atoms with Crippen molar-refractivity contribution >= 4 is 45.7 Å². The predicted octanol–water partition coefficient (Wildman–Crippen LogP) is 4.92. The van der Waals surface area contributed by atoms with Gasteiger partial charge in [-0.05, 0) is 61.9 Å². The second-order valence-electron chi connectivity index (χ2n) is 7.63. The lowest BCUT2D eigenvalue weighted by atomic mass is 10.0. The molecule has 0 atom stereocenters. The van der Waals surface area contributed by atoms with E-state index in [-0.39, 0.29) is 18.4 Å². The number of aryl methyl sites for hydroxylation is 2. The summed E-state index contributed by atoms with van der Waals surface area (Å²) in [4.78, 5) is 30.3. The monoisotopic (exact) mass is 438 g/mol. The number of pyridine rings is 1. The van der Waals surface area contributed by atoms with Crippen LogP contribution in [0.4, 0.5) is 11.4 Å². The van der Waals surface area contributed by atoms with E-state index in [1.165, 1.54) is 12.5 Å². The van der Waals surface area contributed by atoms with E-state index in [2.05, 4.69) is 40.7 Å². The maximum absolute atomic E-state index is 12.5. The molecule has 2 N–H and O–H groups in total. The van der Waals surface area contributed by atoms with Crippen molar-refractivity contribution in [1.29, 1.82) is 0 Å². The third-order valence-electron chi connectivity index (χ3n) is 5.24. The van der Waals surface area contributed by atoms with Gasteiger partial charge in [0, 0.05) is 35.8 Å². The van der Waals surface area contributed by atoms with Gasteiger partial charge in [0.1, 0.15) is 5.15 Å². The summed E-state index contributed by atoms with van der Waals surface area (Å²) >= 11 is 6.48. The number of nitrogens with zero attached hydrogens (tertiary/aromatic N) is 2. The molecule has 0 fully saturated rings. The fourth-order valence-electron chi connectivity index (χ4n) is 3.38. The molecule has 1 aromatic heterocycles. The van der Waals surface area contributed by atoms with E-state index < -0.39 is 0 Å². The highest BCUT2D eigenvalue weighted by atomic mass is 35.5. The van der Waals surface area contributed by atoms with Crippen molar-refractivity contribution in [2.24, 2.45) is 0 Å². The molecule has 0 saturated carbocycles. The third-order valence-corrected chi connectivity index (χ3v) is 5.56. The number of hydrogen-bond acceptors (Lipinski definition) is 4. The van der Waals surface area contributed by atoms with Crippen molar-refractivity contribution < 1.29 is 9.59 Å². The van der Waals surface area contributed by atoms with Crippen molar-refractivity contribution in [3.8, 4) is 0 Å². The molecule has 162 valence electrons. The summed E-state index contributed by atoms with van der Waals surface area (Å²) in [6.07, 6.45) is 0. The molecule has 0 saturated heterocycles. The van der Waals surface area contributed by atoms with Crippen LogP contribution in [-0.4, -0.2) is 34.8 Å². The third kappa shape index (κ3) is 5.81. The summed E-state index contributed by atoms with van der Waals surface area (Å²) in [6, 6.07) is 13.2.